The fourth-order valence-electron chi connectivity index (χ4n) is 2.21. The van der Waals surface area contributed by atoms with Crippen LogP contribution in [0.5, 0.6) is 11.5 Å². The molecule has 2 rings (SSSR count). The summed E-state index contributed by atoms with van der Waals surface area (Å²) >= 11 is 0. The highest BCUT2D eigenvalue weighted by Crippen LogP contribution is 2.32. The van der Waals surface area contributed by atoms with Gasteiger partial charge in [0, 0.05) is 13.0 Å². The summed E-state index contributed by atoms with van der Waals surface area (Å²) in [7, 11) is 3.27. The Bertz CT molecular complexity index is 455. The first-order chi connectivity index (χ1) is 9.72. The minimum atomic E-state index is 0.194. The summed E-state index contributed by atoms with van der Waals surface area (Å²) in [5.41, 5.74) is 1.19. The molecule has 0 aromatic heterocycles. The first kappa shape index (κ1) is 14.7. The maximum absolute atomic E-state index is 11.5. The van der Waals surface area contributed by atoms with Crippen molar-refractivity contribution in [1.29, 1.82) is 0 Å². The van der Waals surface area contributed by atoms with Gasteiger partial charge < -0.3 is 14.8 Å². The maximum atomic E-state index is 11.5. The van der Waals surface area contributed by atoms with Crippen LogP contribution in [0.3, 0.4) is 0 Å². The Balaban J connectivity index is 1.71. The van der Waals surface area contributed by atoms with Crippen molar-refractivity contribution in [2.75, 3.05) is 20.8 Å². The maximum Gasteiger partial charge on any atom is 0.220 e. The number of hydrogen-bond acceptors (Lipinski definition) is 3. The highest BCUT2D eigenvalue weighted by atomic mass is 16.5. The summed E-state index contributed by atoms with van der Waals surface area (Å²) in [5, 5.41) is 2.98. The molecule has 4 heteroatoms. The normalized spacial score (nSPS) is 13.9. The lowest BCUT2D eigenvalue weighted by Crippen LogP contribution is -2.24. The topological polar surface area (TPSA) is 47.6 Å². The van der Waals surface area contributed by atoms with E-state index in [9.17, 15) is 4.79 Å². The third-order valence-electron chi connectivity index (χ3n) is 3.58. The molecule has 0 aliphatic heterocycles. The zero-order valence-electron chi connectivity index (χ0n) is 12.3. The molecule has 1 aromatic carbocycles. The monoisotopic (exact) mass is 277 g/mol. The molecular formula is C16H23NO3. The van der Waals surface area contributed by atoms with Crippen LogP contribution in [0, 0.1) is 5.92 Å². The second-order valence-electron chi connectivity index (χ2n) is 5.29. The van der Waals surface area contributed by atoms with Crippen LogP contribution >= 0.6 is 0 Å². The summed E-state index contributed by atoms with van der Waals surface area (Å²) in [6.07, 6.45) is 5.00. The number of carbonyl (C=O) groups excluding carboxylic acids is 1. The molecule has 1 N–H and O–H groups in total. The fraction of sp³-hybridized carbons (Fsp3) is 0.562. The molecule has 0 heterocycles. The molecule has 110 valence electrons. The van der Waals surface area contributed by atoms with E-state index in [-0.39, 0.29) is 5.91 Å². The molecule has 0 radical (unpaired) electrons. The predicted molar refractivity (Wildman–Crippen MR) is 78.2 cm³/mol. The van der Waals surface area contributed by atoms with E-state index in [0.29, 0.717) is 12.3 Å². The number of benzene rings is 1. The van der Waals surface area contributed by atoms with Gasteiger partial charge in [-0.15, -0.1) is 0 Å². The molecule has 1 aliphatic rings. The van der Waals surface area contributed by atoms with Crippen LogP contribution in [0.2, 0.25) is 0 Å². The Morgan fingerprint density at radius 3 is 2.65 bits per heavy atom. The Kier molecular flexibility index (Phi) is 5.27. The largest absolute Gasteiger partial charge is 0.493 e. The van der Waals surface area contributed by atoms with Gasteiger partial charge in [0.2, 0.25) is 5.91 Å². The lowest BCUT2D eigenvalue weighted by molar-refractivity contribution is -0.121. The van der Waals surface area contributed by atoms with Crippen molar-refractivity contribution in [3.63, 3.8) is 0 Å². The van der Waals surface area contributed by atoms with Crippen molar-refractivity contribution in [2.24, 2.45) is 5.92 Å². The smallest absolute Gasteiger partial charge is 0.220 e. The van der Waals surface area contributed by atoms with Gasteiger partial charge in [0.25, 0.3) is 0 Å². The van der Waals surface area contributed by atoms with Crippen molar-refractivity contribution >= 4 is 5.91 Å². The number of rotatable bonds is 8. The summed E-state index contributed by atoms with van der Waals surface area (Å²) in [5.74, 6) is 2.34. The molecule has 0 spiro atoms. The Morgan fingerprint density at radius 1 is 1.25 bits per heavy atom. The molecular weight excluding hydrogens is 254 g/mol. The van der Waals surface area contributed by atoms with Gasteiger partial charge >= 0.3 is 0 Å². The molecule has 1 aliphatic carbocycles. The molecule has 0 saturated heterocycles. The van der Waals surface area contributed by atoms with Crippen molar-refractivity contribution in [1.82, 2.24) is 5.32 Å². The van der Waals surface area contributed by atoms with Crippen molar-refractivity contribution in [2.45, 2.75) is 32.1 Å². The van der Waals surface area contributed by atoms with E-state index in [1.165, 1.54) is 18.4 Å². The van der Waals surface area contributed by atoms with Gasteiger partial charge in [-0.1, -0.05) is 6.07 Å². The molecule has 1 aromatic rings. The second-order valence-corrected chi connectivity index (χ2v) is 5.29. The molecule has 20 heavy (non-hydrogen) atoms. The van der Waals surface area contributed by atoms with E-state index >= 15 is 0 Å². The Morgan fingerprint density at radius 2 is 2.00 bits per heavy atom. The van der Waals surface area contributed by atoms with Crippen LogP contribution in [-0.2, 0) is 11.2 Å². The summed E-state index contributed by atoms with van der Waals surface area (Å²) in [6, 6.07) is 5.94. The van der Waals surface area contributed by atoms with Gasteiger partial charge in [0.15, 0.2) is 11.5 Å². The number of aryl methyl sites for hydroxylation is 1. The van der Waals surface area contributed by atoms with Gasteiger partial charge in [-0.25, -0.2) is 0 Å². The van der Waals surface area contributed by atoms with Crippen LogP contribution < -0.4 is 14.8 Å². The van der Waals surface area contributed by atoms with Crippen LogP contribution in [0.4, 0.5) is 0 Å². The first-order valence-electron chi connectivity index (χ1n) is 7.20. The molecule has 4 nitrogen and oxygen atoms in total. The van der Waals surface area contributed by atoms with Crippen LogP contribution in [0.15, 0.2) is 18.2 Å². The zero-order valence-corrected chi connectivity index (χ0v) is 12.3. The summed E-state index contributed by atoms with van der Waals surface area (Å²) < 4.78 is 10.5. The van der Waals surface area contributed by atoms with Gasteiger partial charge in [-0.05, 0) is 49.3 Å². The lowest BCUT2D eigenvalue weighted by atomic mass is 10.1. The van der Waals surface area contributed by atoms with Crippen LogP contribution in [-0.4, -0.2) is 26.7 Å². The number of ether oxygens (including phenoxy) is 2. The van der Waals surface area contributed by atoms with E-state index in [2.05, 4.69) is 5.32 Å². The third-order valence-corrected chi connectivity index (χ3v) is 3.58. The number of nitrogens with one attached hydrogen (secondary N) is 1. The van der Waals surface area contributed by atoms with Crippen molar-refractivity contribution in [3.8, 4) is 11.5 Å². The zero-order chi connectivity index (χ0) is 14.4. The van der Waals surface area contributed by atoms with E-state index in [1.807, 2.05) is 18.2 Å². The van der Waals surface area contributed by atoms with Gasteiger partial charge in [-0.3, -0.25) is 4.79 Å². The molecule has 0 atom stereocenters. The lowest BCUT2D eigenvalue weighted by Gasteiger charge is -2.10. The van der Waals surface area contributed by atoms with Gasteiger partial charge in [-0.2, -0.15) is 0 Å². The minimum Gasteiger partial charge on any atom is -0.493 e. The van der Waals surface area contributed by atoms with E-state index in [0.717, 1.165) is 30.9 Å². The van der Waals surface area contributed by atoms with E-state index < -0.39 is 0 Å². The number of hydrogen-bond donors (Lipinski definition) is 1. The average molecular weight is 277 g/mol. The predicted octanol–water partition coefficient (Wildman–Crippen LogP) is 2.55. The third kappa shape index (κ3) is 4.44. The van der Waals surface area contributed by atoms with Gasteiger partial charge in [0.1, 0.15) is 0 Å². The average Bonchev–Trinajstić information content (AvgIpc) is 3.27. The van der Waals surface area contributed by atoms with Crippen molar-refractivity contribution < 1.29 is 14.3 Å². The fourth-order valence-corrected chi connectivity index (χ4v) is 2.21. The molecule has 1 amide bonds. The second kappa shape index (κ2) is 7.17. The quantitative estimate of drug-likeness (QED) is 0.743. The Labute approximate surface area is 120 Å². The highest BCUT2D eigenvalue weighted by Gasteiger charge is 2.23. The number of methoxy groups -OCH3 is 2. The standard InChI is InChI=1S/C16H23NO3/c1-19-14-8-7-12(10-15(14)20-2)4-3-9-17-16(18)11-13-5-6-13/h7-8,10,13H,3-6,9,11H2,1-2H3,(H,17,18). The first-order valence-corrected chi connectivity index (χ1v) is 7.20. The summed E-state index contributed by atoms with van der Waals surface area (Å²) in [6.45, 7) is 0.736. The molecule has 0 unspecified atom stereocenters. The SMILES string of the molecule is COc1ccc(CCCNC(=O)CC2CC2)cc1OC. The van der Waals surface area contributed by atoms with Crippen LogP contribution in [0.1, 0.15) is 31.2 Å². The number of amides is 1. The molecule has 1 fully saturated rings. The number of carbonyl (C=O) groups is 1. The Hall–Kier alpha value is -1.71. The van der Waals surface area contributed by atoms with Crippen molar-refractivity contribution in [3.05, 3.63) is 23.8 Å². The minimum absolute atomic E-state index is 0.194. The molecule has 1 saturated carbocycles. The van der Waals surface area contributed by atoms with E-state index in [4.69, 9.17) is 9.47 Å². The molecule has 0 bridgehead atoms. The van der Waals surface area contributed by atoms with Gasteiger partial charge in [0.05, 0.1) is 14.2 Å². The summed E-state index contributed by atoms with van der Waals surface area (Å²) in [4.78, 5) is 11.5. The van der Waals surface area contributed by atoms with Crippen LogP contribution in [0.25, 0.3) is 0 Å². The van der Waals surface area contributed by atoms with E-state index in [1.54, 1.807) is 14.2 Å². The highest BCUT2D eigenvalue weighted by molar-refractivity contribution is 5.76.